The van der Waals surface area contributed by atoms with E-state index in [9.17, 15) is 0 Å². The van der Waals surface area contributed by atoms with Crippen LogP contribution in [0.2, 0.25) is 5.02 Å². The second-order valence-corrected chi connectivity index (χ2v) is 6.51. The van der Waals surface area contributed by atoms with Crippen molar-refractivity contribution in [1.29, 1.82) is 0 Å². The zero-order valence-electron chi connectivity index (χ0n) is 13.9. The summed E-state index contributed by atoms with van der Waals surface area (Å²) >= 11 is 6.31. The van der Waals surface area contributed by atoms with Gasteiger partial charge < -0.3 is 9.64 Å². The minimum atomic E-state index is 0.194. The Morgan fingerprint density at radius 3 is 2.78 bits per heavy atom. The summed E-state index contributed by atoms with van der Waals surface area (Å²) in [5.74, 6) is 1.79. The number of rotatable bonds is 4. The number of hydrogen-bond acceptors (Lipinski definition) is 4. The van der Waals surface area contributed by atoms with E-state index < -0.39 is 0 Å². The van der Waals surface area contributed by atoms with Crippen molar-refractivity contribution >= 4 is 17.5 Å². The van der Waals surface area contributed by atoms with Crippen LogP contribution in [0.1, 0.15) is 31.7 Å². The van der Waals surface area contributed by atoms with Gasteiger partial charge in [-0.1, -0.05) is 36.7 Å². The molecule has 0 spiro atoms. The Hall–Kier alpha value is -1.59. The van der Waals surface area contributed by atoms with Crippen molar-refractivity contribution in [3.05, 3.63) is 40.7 Å². The van der Waals surface area contributed by atoms with Crippen molar-refractivity contribution in [2.24, 2.45) is 0 Å². The van der Waals surface area contributed by atoms with Gasteiger partial charge in [-0.3, -0.25) is 4.57 Å². The largest absolute Gasteiger partial charge is 0.372 e. The summed E-state index contributed by atoms with van der Waals surface area (Å²) in [5.41, 5.74) is 1.08. The zero-order valence-corrected chi connectivity index (χ0v) is 14.6. The molecule has 1 fully saturated rings. The molecule has 0 bridgehead atoms. The molecule has 0 aliphatic carbocycles. The van der Waals surface area contributed by atoms with Gasteiger partial charge in [-0.05, 0) is 31.9 Å². The summed E-state index contributed by atoms with van der Waals surface area (Å²) in [7, 11) is 0. The van der Waals surface area contributed by atoms with Crippen molar-refractivity contribution < 1.29 is 4.74 Å². The molecule has 0 N–H and O–H groups in total. The van der Waals surface area contributed by atoms with Gasteiger partial charge in [0.15, 0.2) is 0 Å². The standard InChI is InChI=1S/C17H23ClN4O/c1-4-15-11-21(9-12(2)23-15)17-20-19-13(3)22(17)10-14-7-5-6-8-16(14)18/h5-8,12,15H,4,9-11H2,1-3H3. The van der Waals surface area contributed by atoms with E-state index in [4.69, 9.17) is 16.3 Å². The van der Waals surface area contributed by atoms with Crippen molar-refractivity contribution in [3.63, 3.8) is 0 Å². The number of hydrogen-bond donors (Lipinski definition) is 0. The molecule has 2 heterocycles. The first kappa shape index (κ1) is 16.3. The maximum absolute atomic E-state index is 6.31. The van der Waals surface area contributed by atoms with Crippen molar-refractivity contribution in [2.75, 3.05) is 18.0 Å². The highest BCUT2D eigenvalue weighted by atomic mass is 35.5. The van der Waals surface area contributed by atoms with E-state index in [0.717, 1.165) is 41.9 Å². The highest BCUT2D eigenvalue weighted by Crippen LogP contribution is 2.23. The van der Waals surface area contributed by atoms with E-state index in [-0.39, 0.29) is 12.2 Å². The van der Waals surface area contributed by atoms with Gasteiger partial charge in [0.25, 0.3) is 0 Å². The lowest BCUT2D eigenvalue weighted by Gasteiger charge is -2.37. The Morgan fingerprint density at radius 2 is 2.04 bits per heavy atom. The summed E-state index contributed by atoms with van der Waals surface area (Å²) in [4.78, 5) is 2.28. The minimum absolute atomic E-state index is 0.194. The van der Waals surface area contributed by atoms with Crippen LogP contribution in [-0.4, -0.2) is 40.1 Å². The van der Waals surface area contributed by atoms with Gasteiger partial charge in [-0.2, -0.15) is 0 Å². The Morgan fingerprint density at radius 1 is 1.26 bits per heavy atom. The average Bonchev–Trinajstić information content (AvgIpc) is 2.90. The van der Waals surface area contributed by atoms with Crippen LogP contribution in [0.3, 0.4) is 0 Å². The summed E-state index contributed by atoms with van der Waals surface area (Å²) in [6.07, 6.45) is 1.43. The molecule has 1 aromatic heterocycles. The number of aromatic nitrogens is 3. The monoisotopic (exact) mass is 334 g/mol. The van der Waals surface area contributed by atoms with Gasteiger partial charge in [0.1, 0.15) is 5.82 Å². The van der Waals surface area contributed by atoms with Gasteiger partial charge in [0, 0.05) is 18.1 Å². The molecule has 0 radical (unpaired) electrons. The fourth-order valence-corrected chi connectivity index (χ4v) is 3.22. The molecular weight excluding hydrogens is 312 g/mol. The molecule has 0 amide bonds. The third-order valence-corrected chi connectivity index (χ3v) is 4.64. The lowest BCUT2D eigenvalue weighted by molar-refractivity contribution is -0.0178. The van der Waals surface area contributed by atoms with Gasteiger partial charge in [-0.15, -0.1) is 10.2 Å². The quantitative estimate of drug-likeness (QED) is 0.860. The van der Waals surface area contributed by atoms with Crippen LogP contribution >= 0.6 is 11.6 Å². The summed E-state index contributed by atoms with van der Waals surface area (Å²) in [5, 5.41) is 9.46. The highest BCUT2D eigenvalue weighted by molar-refractivity contribution is 6.31. The normalized spacial score (nSPS) is 21.7. The molecule has 6 heteroatoms. The maximum atomic E-state index is 6.31. The predicted octanol–water partition coefficient (Wildman–Crippen LogP) is 3.29. The highest BCUT2D eigenvalue weighted by Gasteiger charge is 2.27. The lowest BCUT2D eigenvalue weighted by Crippen LogP contribution is -2.47. The Bertz CT molecular complexity index is 672. The maximum Gasteiger partial charge on any atom is 0.227 e. The lowest BCUT2D eigenvalue weighted by atomic mass is 10.2. The number of ether oxygens (including phenoxy) is 1. The number of aryl methyl sites for hydroxylation is 1. The van der Waals surface area contributed by atoms with Crippen LogP contribution in [0, 0.1) is 6.92 Å². The third kappa shape index (κ3) is 3.51. The van der Waals surface area contributed by atoms with E-state index >= 15 is 0 Å². The Balaban J connectivity index is 1.88. The molecule has 5 nitrogen and oxygen atoms in total. The fourth-order valence-electron chi connectivity index (χ4n) is 3.02. The third-order valence-electron chi connectivity index (χ3n) is 4.27. The first-order chi connectivity index (χ1) is 11.1. The molecule has 0 saturated carbocycles. The van der Waals surface area contributed by atoms with Crippen molar-refractivity contribution in [2.45, 2.75) is 45.9 Å². The number of anilines is 1. The van der Waals surface area contributed by atoms with Crippen molar-refractivity contribution in [3.8, 4) is 0 Å². The predicted molar refractivity (Wildman–Crippen MR) is 92.2 cm³/mol. The van der Waals surface area contributed by atoms with Crippen LogP contribution in [-0.2, 0) is 11.3 Å². The summed E-state index contributed by atoms with van der Waals surface area (Å²) in [6.45, 7) is 8.60. The van der Waals surface area contributed by atoms with E-state index in [0.29, 0.717) is 6.54 Å². The molecule has 23 heavy (non-hydrogen) atoms. The van der Waals surface area contributed by atoms with E-state index in [1.807, 2.05) is 31.2 Å². The second-order valence-electron chi connectivity index (χ2n) is 6.11. The van der Waals surface area contributed by atoms with E-state index in [1.165, 1.54) is 0 Å². The van der Waals surface area contributed by atoms with Crippen LogP contribution in [0.25, 0.3) is 0 Å². The Labute approximate surface area is 142 Å². The molecular formula is C17H23ClN4O. The van der Waals surface area contributed by atoms with Crippen LogP contribution in [0.5, 0.6) is 0 Å². The first-order valence-electron chi connectivity index (χ1n) is 8.12. The zero-order chi connectivity index (χ0) is 16.4. The molecule has 1 aliphatic rings. The molecule has 3 rings (SSSR count). The molecule has 124 valence electrons. The average molecular weight is 335 g/mol. The van der Waals surface area contributed by atoms with Gasteiger partial charge in [0.2, 0.25) is 5.95 Å². The number of halogens is 1. The van der Waals surface area contributed by atoms with E-state index in [1.54, 1.807) is 0 Å². The van der Waals surface area contributed by atoms with Crippen molar-refractivity contribution in [1.82, 2.24) is 14.8 Å². The number of morpholine rings is 1. The SMILES string of the molecule is CCC1CN(c2nnc(C)n2Cc2ccccc2Cl)CC(C)O1. The molecule has 2 unspecified atom stereocenters. The van der Waals surface area contributed by atoms with Gasteiger partial charge in [0.05, 0.1) is 18.8 Å². The van der Waals surface area contributed by atoms with Gasteiger partial charge >= 0.3 is 0 Å². The molecule has 2 aromatic rings. The summed E-state index contributed by atoms with van der Waals surface area (Å²) < 4.78 is 8.08. The smallest absolute Gasteiger partial charge is 0.227 e. The molecule has 1 aromatic carbocycles. The van der Waals surface area contributed by atoms with Gasteiger partial charge in [-0.25, -0.2) is 0 Å². The van der Waals surface area contributed by atoms with Crippen LogP contribution < -0.4 is 4.90 Å². The number of nitrogens with zero attached hydrogens (tertiary/aromatic N) is 4. The van der Waals surface area contributed by atoms with Crippen LogP contribution in [0.4, 0.5) is 5.95 Å². The van der Waals surface area contributed by atoms with E-state index in [2.05, 4.69) is 33.5 Å². The Kier molecular flexibility index (Phi) is 4.87. The summed E-state index contributed by atoms with van der Waals surface area (Å²) in [6, 6.07) is 7.91. The molecule has 2 atom stereocenters. The first-order valence-corrected chi connectivity index (χ1v) is 8.50. The topological polar surface area (TPSA) is 43.2 Å². The minimum Gasteiger partial charge on any atom is -0.372 e. The fraction of sp³-hybridized carbons (Fsp3) is 0.529. The molecule has 1 saturated heterocycles. The second kappa shape index (κ2) is 6.89. The van der Waals surface area contributed by atoms with Crippen LogP contribution in [0.15, 0.2) is 24.3 Å². The molecule has 1 aliphatic heterocycles. The number of benzene rings is 1.